The number of hydrogen-bond acceptors (Lipinski definition) is 3. The Bertz CT molecular complexity index is 880. The van der Waals surface area contributed by atoms with Gasteiger partial charge >= 0.3 is 5.97 Å². The van der Waals surface area contributed by atoms with Crippen LogP contribution in [0.3, 0.4) is 0 Å². The van der Waals surface area contributed by atoms with Crippen LogP contribution < -0.4 is 4.74 Å². The molecular weight excluding hydrogens is 470 g/mol. The Balaban J connectivity index is 1.57. The van der Waals surface area contributed by atoms with E-state index in [2.05, 4.69) is 69.6 Å². The minimum Gasteiger partial charge on any atom is -0.493 e. The number of ether oxygens (including phenoxy) is 2. The molecule has 212 valence electrons. The smallest absolute Gasteiger partial charge is 0.314 e. The molecular formula is C34H54NO3+. The lowest BCUT2D eigenvalue weighted by molar-refractivity contribution is -0.905. The zero-order chi connectivity index (χ0) is 27.5. The van der Waals surface area contributed by atoms with Gasteiger partial charge in [0.25, 0.3) is 0 Å². The van der Waals surface area contributed by atoms with Gasteiger partial charge in [0.1, 0.15) is 18.2 Å². The molecule has 0 aliphatic carbocycles. The average Bonchev–Trinajstić information content (AvgIpc) is 2.90. The number of carbonyl (C=O) groups is 1. The van der Waals surface area contributed by atoms with Gasteiger partial charge < -0.3 is 14.0 Å². The Hall–Kier alpha value is -2.33. The van der Waals surface area contributed by atoms with Crippen LogP contribution in [0.2, 0.25) is 0 Å². The predicted octanol–water partition coefficient (Wildman–Crippen LogP) is 8.37. The summed E-state index contributed by atoms with van der Waals surface area (Å²) in [6.07, 6.45) is 14.9. The van der Waals surface area contributed by atoms with E-state index in [-0.39, 0.29) is 11.9 Å². The molecule has 1 unspecified atom stereocenters. The van der Waals surface area contributed by atoms with Crippen molar-refractivity contribution in [1.29, 1.82) is 0 Å². The van der Waals surface area contributed by atoms with Crippen molar-refractivity contribution in [2.24, 2.45) is 5.92 Å². The third-order valence-electron chi connectivity index (χ3n) is 7.19. The molecule has 38 heavy (non-hydrogen) atoms. The lowest BCUT2D eigenvalue weighted by Gasteiger charge is -2.31. The van der Waals surface area contributed by atoms with Gasteiger partial charge in [-0.2, -0.15) is 0 Å². The largest absolute Gasteiger partial charge is 0.493 e. The van der Waals surface area contributed by atoms with Crippen LogP contribution >= 0.6 is 0 Å². The van der Waals surface area contributed by atoms with Crippen molar-refractivity contribution < 1.29 is 18.8 Å². The Morgan fingerprint density at radius 1 is 0.763 bits per heavy atom. The maximum Gasteiger partial charge on any atom is 0.314 e. The Kier molecular flexibility index (Phi) is 15.8. The molecule has 0 aromatic heterocycles. The SMILES string of the molecule is CCCCCCCCCCCc1ccccc1OCCCCOC(=O)C(C)C[N+](C)(C)Cc1ccccc1. The highest BCUT2D eigenvalue weighted by Gasteiger charge is 2.25. The van der Waals surface area contributed by atoms with Gasteiger partial charge in [0, 0.05) is 5.56 Å². The van der Waals surface area contributed by atoms with E-state index in [1.54, 1.807) is 0 Å². The molecule has 0 radical (unpaired) electrons. The van der Waals surface area contributed by atoms with Crippen molar-refractivity contribution in [3.8, 4) is 5.75 Å². The van der Waals surface area contributed by atoms with Gasteiger partial charge in [0.15, 0.2) is 0 Å². The first kappa shape index (κ1) is 31.9. The molecule has 0 saturated carbocycles. The van der Waals surface area contributed by atoms with Crippen LogP contribution in [0, 0.1) is 5.92 Å². The second-order valence-electron chi connectivity index (χ2n) is 11.6. The third kappa shape index (κ3) is 14.0. The van der Waals surface area contributed by atoms with Crippen molar-refractivity contribution in [3.05, 3.63) is 65.7 Å². The Morgan fingerprint density at radius 3 is 2.08 bits per heavy atom. The second kappa shape index (κ2) is 18.8. The molecule has 0 aliphatic heterocycles. The summed E-state index contributed by atoms with van der Waals surface area (Å²) in [5.41, 5.74) is 2.60. The number of aryl methyl sites for hydroxylation is 1. The van der Waals surface area contributed by atoms with Crippen LogP contribution in [0.25, 0.3) is 0 Å². The van der Waals surface area contributed by atoms with Crippen molar-refractivity contribution in [2.75, 3.05) is 33.9 Å². The molecule has 0 fully saturated rings. The summed E-state index contributed by atoms with van der Waals surface area (Å²) in [7, 11) is 4.34. The number of quaternary nitrogens is 1. The lowest BCUT2D eigenvalue weighted by atomic mass is 10.0. The van der Waals surface area contributed by atoms with Crippen LogP contribution in [0.4, 0.5) is 0 Å². The minimum atomic E-state index is -0.127. The summed E-state index contributed by atoms with van der Waals surface area (Å²) in [4.78, 5) is 12.5. The van der Waals surface area contributed by atoms with Crippen LogP contribution in [0.1, 0.15) is 95.6 Å². The molecule has 2 aromatic rings. The average molecular weight is 525 g/mol. The van der Waals surface area contributed by atoms with Crippen LogP contribution in [0.5, 0.6) is 5.75 Å². The predicted molar refractivity (Wildman–Crippen MR) is 159 cm³/mol. The minimum absolute atomic E-state index is 0.100. The molecule has 1 atom stereocenters. The maximum atomic E-state index is 12.5. The van der Waals surface area contributed by atoms with Crippen molar-refractivity contribution in [2.45, 2.75) is 97.4 Å². The summed E-state index contributed by atoms with van der Waals surface area (Å²) in [6.45, 7) is 7.01. The molecule has 2 aromatic carbocycles. The van der Waals surface area contributed by atoms with Gasteiger partial charge in [-0.3, -0.25) is 4.79 Å². The summed E-state index contributed by atoms with van der Waals surface area (Å²) in [5, 5.41) is 0. The van der Waals surface area contributed by atoms with E-state index in [4.69, 9.17) is 9.47 Å². The highest BCUT2D eigenvalue weighted by Crippen LogP contribution is 2.21. The van der Waals surface area contributed by atoms with E-state index in [1.807, 2.05) is 13.0 Å². The number of hydrogen-bond donors (Lipinski definition) is 0. The second-order valence-corrected chi connectivity index (χ2v) is 11.6. The molecule has 0 spiro atoms. The lowest BCUT2D eigenvalue weighted by Crippen LogP contribution is -2.44. The quantitative estimate of drug-likeness (QED) is 0.0934. The number of para-hydroxylation sites is 1. The topological polar surface area (TPSA) is 35.5 Å². The van der Waals surface area contributed by atoms with E-state index >= 15 is 0 Å². The number of carbonyl (C=O) groups excluding carboxylic acids is 1. The van der Waals surface area contributed by atoms with Gasteiger partial charge in [-0.05, 0) is 44.2 Å². The summed E-state index contributed by atoms with van der Waals surface area (Å²) < 4.78 is 12.4. The standard InChI is InChI=1S/C34H54NO3/c1-5-6-7-8-9-10-11-12-16-23-32-24-17-18-25-33(32)37-26-19-20-27-38-34(36)30(2)28-35(3,4)29-31-21-14-13-15-22-31/h13-15,17-18,21-22,24-25,30H,5-12,16,19-20,23,26-29H2,1-4H3/q+1. The molecule has 0 amide bonds. The first-order chi connectivity index (χ1) is 18.4. The monoisotopic (exact) mass is 524 g/mol. The molecule has 0 saturated heterocycles. The van der Waals surface area contributed by atoms with Crippen molar-refractivity contribution in [1.82, 2.24) is 0 Å². The third-order valence-corrected chi connectivity index (χ3v) is 7.19. The molecule has 4 nitrogen and oxygen atoms in total. The van der Waals surface area contributed by atoms with E-state index < -0.39 is 0 Å². The van der Waals surface area contributed by atoms with Gasteiger partial charge in [0.05, 0.1) is 33.9 Å². The van der Waals surface area contributed by atoms with Gasteiger partial charge in [0.2, 0.25) is 0 Å². The fourth-order valence-electron chi connectivity index (χ4n) is 5.14. The number of esters is 1. The van der Waals surface area contributed by atoms with Crippen molar-refractivity contribution >= 4 is 5.97 Å². The highest BCUT2D eigenvalue weighted by molar-refractivity contribution is 5.72. The van der Waals surface area contributed by atoms with E-state index in [0.717, 1.165) is 42.6 Å². The first-order valence-corrected chi connectivity index (χ1v) is 15.1. The van der Waals surface area contributed by atoms with Crippen molar-refractivity contribution in [3.63, 3.8) is 0 Å². The Morgan fingerprint density at radius 2 is 1.37 bits per heavy atom. The number of nitrogens with zero attached hydrogens (tertiary/aromatic N) is 1. The van der Waals surface area contributed by atoms with Gasteiger partial charge in [-0.25, -0.2) is 0 Å². The normalized spacial score (nSPS) is 12.3. The van der Waals surface area contributed by atoms with Crippen LogP contribution in [0.15, 0.2) is 54.6 Å². The number of unbranched alkanes of at least 4 members (excludes halogenated alkanes) is 9. The number of benzene rings is 2. The molecule has 0 N–H and O–H groups in total. The summed E-state index contributed by atoms with van der Waals surface area (Å²) in [6, 6.07) is 18.9. The van der Waals surface area contributed by atoms with Gasteiger partial charge in [-0.1, -0.05) is 107 Å². The first-order valence-electron chi connectivity index (χ1n) is 15.1. The Labute approximate surface area is 233 Å². The molecule has 0 heterocycles. The number of rotatable bonds is 21. The van der Waals surface area contributed by atoms with Crippen LogP contribution in [-0.2, 0) is 22.5 Å². The maximum absolute atomic E-state index is 12.5. The van der Waals surface area contributed by atoms with E-state index in [0.29, 0.717) is 13.2 Å². The molecule has 0 aliphatic rings. The zero-order valence-corrected chi connectivity index (χ0v) is 24.8. The molecule has 0 bridgehead atoms. The zero-order valence-electron chi connectivity index (χ0n) is 24.8. The van der Waals surface area contributed by atoms with E-state index in [9.17, 15) is 4.79 Å². The van der Waals surface area contributed by atoms with Crippen LogP contribution in [-0.4, -0.2) is 44.3 Å². The molecule has 2 rings (SSSR count). The fraction of sp³-hybridized carbons (Fsp3) is 0.618. The molecule has 4 heteroatoms. The van der Waals surface area contributed by atoms with Gasteiger partial charge in [-0.15, -0.1) is 0 Å². The fourth-order valence-corrected chi connectivity index (χ4v) is 5.14. The van der Waals surface area contributed by atoms with E-state index in [1.165, 1.54) is 68.9 Å². The summed E-state index contributed by atoms with van der Waals surface area (Å²) in [5.74, 6) is 0.783. The summed E-state index contributed by atoms with van der Waals surface area (Å²) >= 11 is 0. The highest BCUT2D eigenvalue weighted by atomic mass is 16.5.